The molecule has 2 atom stereocenters. The maximum Gasteiger partial charge on any atom is 0.120 e. The van der Waals surface area contributed by atoms with Crippen molar-refractivity contribution in [1.29, 1.82) is 0 Å². The lowest BCUT2D eigenvalue weighted by Crippen LogP contribution is -2.25. The van der Waals surface area contributed by atoms with Gasteiger partial charge in [-0.2, -0.15) is 0 Å². The molecule has 3 rings (SSSR count). The molecule has 3 heterocycles. The lowest BCUT2D eigenvalue weighted by Gasteiger charge is -2.21. The van der Waals surface area contributed by atoms with E-state index < -0.39 is 0 Å². The van der Waals surface area contributed by atoms with E-state index >= 15 is 0 Å². The van der Waals surface area contributed by atoms with Crippen molar-refractivity contribution < 1.29 is 4.42 Å². The van der Waals surface area contributed by atoms with Gasteiger partial charge in [-0.25, -0.2) is 0 Å². The summed E-state index contributed by atoms with van der Waals surface area (Å²) in [6, 6.07) is 5.56. The molecule has 0 amide bonds. The zero-order valence-electron chi connectivity index (χ0n) is 7.78. The van der Waals surface area contributed by atoms with Crippen molar-refractivity contribution in [3.05, 3.63) is 24.2 Å². The fourth-order valence-corrected chi connectivity index (χ4v) is 2.88. The molecular formula is C11H15NO. The molecule has 2 saturated heterocycles. The van der Waals surface area contributed by atoms with E-state index in [4.69, 9.17) is 4.42 Å². The summed E-state index contributed by atoms with van der Waals surface area (Å²) in [4.78, 5) is 2.62. The van der Waals surface area contributed by atoms with Gasteiger partial charge in [-0.1, -0.05) is 0 Å². The molecule has 0 N–H and O–H groups in total. The Morgan fingerprint density at radius 1 is 1.31 bits per heavy atom. The van der Waals surface area contributed by atoms with Crippen molar-refractivity contribution in [1.82, 2.24) is 4.90 Å². The fraction of sp³-hybridized carbons (Fsp3) is 0.636. The number of fused-ring (bicyclic) bond motifs is 1. The maximum absolute atomic E-state index is 5.48. The molecule has 2 aliphatic heterocycles. The summed E-state index contributed by atoms with van der Waals surface area (Å²) in [5.74, 6) is 1.17. The predicted molar refractivity (Wildman–Crippen MR) is 50.4 cm³/mol. The van der Waals surface area contributed by atoms with Gasteiger partial charge in [0.2, 0.25) is 0 Å². The summed E-state index contributed by atoms with van der Waals surface area (Å²) in [6.07, 6.45) is 7.22. The minimum atomic E-state index is 0.586. The Bertz CT molecular complexity index is 280. The highest BCUT2D eigenvalue weighted by Crippen LogP contribution is 2.41. The van der Waals surface area contributed by atoms with Crippen LogP contribution < -0.4 is 0 Å². The van der Waals surface area contributed by atoms with Gasteiger partial charge in [-0.3, -0.25) is 4.90 Å². The van der Waals surface area contributed by atoms with Crippen LogP contribution in [0.25, 0.3) is 0 Å². The number of nitrogens with zero attached hydrogens (tertiary/aromatic N) is 1. The van der Waals surface area contributed by atoms with E-state index in [2.05, 4.69) is 11.0 Å². The molecule has 13 heavy (non-hydrogen) atoms. The van der Waals surface area contributed by atoms with Crippen molar-refractivity contribution in [3.8, 4) is 0 Å². The van der Waals surface area contributed by atoms with E-state index in [1.54, 1.807) is 6.26 Å². The topological polar surface area (TPSA) is 16.4 Å². The highest BCUT2D eigenvalue weighted by molar-refractivity contribution is 5.09. The lowest BCUT2D eigenvalue weighted by molar-refractivity contribution is 0.222. The zero-order valence-corrected chi connectivity index (χ0v) is 7.78. The Kier molecular flexibility index (Phi) is 1.69. The molecule has 0 bridgehead atoms. The predicted octanol–water partition coefficient (Wildman–Crippen LogP) is 2.58. The van der Waals surface area contributed by atoms with Crippen LogP contribution >= 0.6 is 0 Å². The lowest BCUT2D eigenvalue weighted by atomic mass is 10.1. The van der Waals surface area contributed by atoms with Gasteiger partial charge >= 0.3 is 0 Å². The summed E-state index contributed by atoms with van der Waals surface area (Å²) in [6.45, 7) is 1.27. The normalized spacial score (nSPS) is 33.8. The maximum atomic E-state index is 5.48. The molecule has 1 aromatic rings. The molecule has 1 unspecified atom stereocenters. The number of hydrogen-bond donors (Lipinski definition) is 0. The fourth-order valence-electron chi connectivity index (χ4n) is 2.88. The van der Waals surface area contributed by atoms with Crippen LogP contribution in [0.2, 0.25) is 0 Å². The molecule has 2 heteroatoms. The minimum Gasteiger partial charge on any atom is -0.468 e. The number of rotatable bonds is 1. The molecule has 70 valence electrons. The molecule has 0 spiro atoms. The van der Waals surface area contributed by atoms with E-state index in [-0.39, 0.29) is 0 Å². The first-order valence-electron chi connectivity index (χ1n) is 5.24. The molecule has 2 fully saturated rings. The van der Waals surface area contributed by atoms with E-state index in [0.717, 1.165) is 6.04 Å². The SMILES string of the molecule is c1coc([C@@H]2CCC3CCCN32)c1. The summed E-state index contributed by atoms with van der Waals surface area (Å²) in [7, 11) is 0. The van der Waals surface area contributed by atoms with Crippen LogP contribution in [0.5, 0.6) is 0 Å². The van der Waals surface area contributed by atoms with Crippen LogP contribution in [-0.4, -0.2) is 17.5 Å². The quantitative estimate of drug-likeness (QED) is 0.655. The minimum absolute atomic E-state index is 0.586. The smallest absolute Gasteiger partial charge is 0.120 e. The molecule has 0 radical (unpaired) electrons. The first-order valence-corrected chi connectivity index (χ1v) is 5.24. The Morgan fingerprint density at radius 3 is 3.15 bits per heavy atom. The van der Waals surface area contributed by atoms with E-state index in [1.165, 1.54) is 38.0 Å². The van der Waals surface area contributed by atoms with Gasteiger partial charge in [-0.15, -0.1) is 0 Å². The number of hydrogen-bond acceptors (Lipinski definition) is 2. The Morgan fingerprint density at radius 2 is 2.31 bits per heavy atom. The summed E-state index contributed by atoms with van der Waals surface area (Å²) in [5, 5.41) is 0. The van der Waals surface area contributed by atoms with Crippen molar-refractivity contribution in [2.45, 2.75) is 37.8 Å². The zero-order chi connectivity index (χ0) is 8.67. The Labute approximate surface area is 78.5 Å². The largest absolute Gasteiger partial charge is 0.468 e. The van der Waals surface area contributed by atoms with Gasteiger partial charge in [0.1, 0.15) is 5.76 Å². The molecule has 0 saturated carbocycles. The van der Waals surface area contributed by atoms with Crippen molar-refractivity contribution in [2.24, 2.45) is 0 Å². The van der Waals surface area contributed by atoms with Crippen LogP contribution in [-0.2, 0) is 0 Å². The Balaban J connectivity index is 1.86. The standard InChI is InChI=1S/C11H15NO/c1-3-9-5-6-10(12(9)7-1)11-4-2-8-13-11/h2,4,8-10H,1,3,5-7H2/t9?,10-/m0/s1. The number of furan rings is 1. The second-order valence-electron chi connectivity index (χ2n) is 4.14. The molecule has 1 aromatic heterocycles. The van der Waals surface area contributed by atoms with Gasteiger partial charge < -0.3 is 4.42 Å². The average Bonchev–Trinajstić information content (AvgIpc) is 2.79. The van der Waals surface area contributed by atoms with Gasteiger partial charge in [0, 0.05) is 6.04 Å². The first kappa shape index (κ1) is 7.63. The van der Waals surface area contributed by atoms with Crippen LogP contribution in [0.3, 0.4) is 0 Å². The molecule has 0 aliphatic carbocycles. The Hall–Kier alpha value is -0.760. The average molecular weight is 177 g/mol. The summed E-state index contributed by atoms with van der Waals surface area (Å²) < 4.78 is 5.48. The molecule has 2 aliphatic rings. The van der Waals surface area contributed by atoms with Gasteiger partial charge in [0.25, 0.3) is 0 Å². The second-order valence-corrected chi connectivity index (χ2v) is 4.14. The van der Waals surface area contributed by atoms with Crippen LogP contribution in [0, 0.1) is 0 Å². The monoisotopic (exact) mass is 177 g/mol. The summed E-state index contributed by atoms with van der Waals surface area (Å²) in [5.41, 5.74) is 0. The molecule has 2 nitrogen and oxygen atoms in total. The van der Waals surface area contributed by atoms with Crippen molar-refractivity contribution in [3.63, 3.8) is 0 Å². The third-order valence-corrected chi connectivity index (χ3v) is 3.47. The molecule has 0 aromatic carbocycles. The third kappa shape index (κ3) is 1.12. The van der Waals surface area contributed by atoms with E-state index in [9.17, 15) is 0 Å². The van der Waals surface area contributed by atoms with Crippen molar-refractivity contribution in [2.75, 3.05) is 6.54 Å². The van der Waals surface area contributed by atoms with Gasteiger partial charge in [0.05, 0.1) is 12.3 Å². The molecular weight excluding hydrogens is 162 g/mol. The van der Waals surface area contributed by atoms with E-state index in [1.807, 2.05) is 6.07 Å². The van der Waals surface area contributed by atoms with Gasteiger partial charge in [0.15, 0.2) is 0 Å². The third-order valence-electron chi connectivity index (χ3n) is 3.47. The highest BCUT2D eigenvalue weighted by Gasteiger charge is 2.38. The van der Waals surface area contributed by atoms with Gasteiger partial charge in [-0.05, 0) is 44.4 Å². The van der Waals surface area contributed by atoms with Crippen LogP contribution in [0.15, 0.2) is 22.8 Å². The second kappa shape index (κ2) is 2.88. The van der Waals surface area contributed by atoms with Crippen LogP contribution in [0.1, 0.15) is 37.5 Å². The first-order chi connectivity index (χ1) is 6.45. The van der Waals surface area contributed by atoms with E-state index in [0.29, 0.717) is 6.04 Å². The van der Waals surface area contributed by atoms with Crippen molar-refractivity contribution >= 4 is 0 Å². The highest BCUT2D eigenvalue weighted by atomic mass is 16.3. The summed E-state index contributed by atoms with van der Waals surface area (Å²) >= 11 is 0. The van der Waals surface area contributed by atoms with Crippen LogP contribution in [0.4, 0.5) is 0 Å².